The minimum Gasteiger partial charge on any atom is -0.443 e. The Morgan fingerprint density at radius 3 is 2.70 bits per heavy atom. The lowest BCUT2D eigenvalue weighted by Gasteiger charge is -2.35. The molecule has 0 spiro atoms. The van der Waals surface area contributed by atoms with Crippen molar-refractivity contribution in [1.29, 1.82) is 0 Å². The number of piperazine rings is 1. The van der Waals surface area contributed by atoms with E-state index >= 15 is 0 Å². The highest BCUT2D eigenvalue weighted by Gasteiger charge is 2.38. The Labute approximate surface area is 173 Å². The van der Waals surface area contributed by atoms with Crippen molar-refractivity contribution in [2.24, 2.45) is 0 Å². The Bertz CT molecular complexity index is 1120. The van der Waals surface area contributed by atoms with Crippen LogP contribution in [0, 0.1) is 12.7 Å². The van der Waals surface area contributed by atoms with E-state index in [1.54, 1.807) is 17.2 Å². The second kappa shape index (κ2) is 6.93. The molecule has 0 bridgehead atoms. The molecule has 3 aromatic rings. The molecule has 1 saturated carbocycles. The summed E-state index contributed by atoms with van der Waals surface area (Å²) in [6, 6.07) is 4.84. The summed E-state index contributed by atoms with van der Waals surface area (Å²) in [7, 11) is 0. The molecule has 9 heteroatoms. The van der Waals surface area contributed by atoms with Gasteiger partial charge in [0.1, 0.15) is 11.6 Å². The number of fused-ring (bicyclic) bond motifs is 1. The molecule has 30 heavy (non-hydrogen) atoms. The monoisotopic (exact) mass is 410 g/mol. The zero-order valence-corrected chi connectivity index (χ0v) is 17.0. The van der Waals surface area contributed by atoms with E-state index in [9.17, 15) is 9.18 Å². The summed E-state index contributed by atoms with van der Waals surface area (Å²) in [6.07, 6.45) is 3.69. The smallest absolute Gasteiger partial charge is 0.291 e. The first kappa shape index (κ1) is 18.8. The van der Waals surface area contributed by atoms with E-state index in [0.29, 0.717) is 43.5 Å². The van der Waals surface area contributed by atoms with Crippen LogP contribution in [0.25, 0.3) is 11.1 Å². The molecule has 8 nitrogen and oxygen atoms in total. The van der Waals surface area contributed by atoms with Crippen molar-refractivity contribution in [2.45, 2.75) is 32.2 Å². The standard InChI is InChI=1S/C21H23FN6O2/c1-13-12-14-16(26-21(2)5-6-21)24-17(25-19(14)30-13)20(29)28-10-8-27(9-11-28)18-15(22)4-3-7-23-18/h3-4,7,12H,5-6,8-11H2,1-2H3,(H,24,25,26). The molecule has 0 aromatic carbocycles. The van der Waals surface area contributed by atoms with Gasteiger partial charge in [0, 0.05) is 37.9 Å². The minimum atomic E-state index is -0.358. The predicted molar refractivity (Wildman–Crippen MR) is 110 cm³/mol. The maximum Gasteiger partial charge on any atom is 0.291 e. The van der Waals surface area contributed by atoms with Crippen LogP contribution in [-0.2, 0) is 0 Å². The molecule has 1 amide bonds. The molecular weight excluding hydrogens is 387 g/mol. The number of rotatable bonds is 4. The van der Waals surface area contributed by atoms with Crippen LogP contribution in [-0.4, -0.2) is 57.5 Å². The molecule has 2 fully saturated rings. The Morgan fingerprint density at radius 2 is 2.00 bits per heavy atom. The maximum atomic E-state index is 14.0. The van der Waals surface area contributed by atoms with Gasteiger partial charge in [-0.3, -0.25) is 4.79 Å². The van der Waals surface area contributed by atoms with Crippen molar-refractivity contribution in [3.63, 3.8) is 0 Å². The second-order valence-corrected chi connectivity index (χ2v) is 8.25. The quantitative estimate of drug-likeness (QED) is 0.707. The van der Waals surface area contributed by atoms with Gasteiger partial charge >= 0.3 is 0 Å². The second-order valence-electron chi connectivity index (χ2n) is 8.25. The lowest BCUT2D eigenvalue weighted by molar-refractivity contribution is 0.0734. The number of furan rings is 1. The third-order valence-corrected chi connectivity index (χ3v) is 5.73. The highest BCUT2D eigenvalue weighted by atomic mass is 19.1. The van der Waals surface area contributed by atoms with Crippen LogP contribution in [0.2, 0.25) is 0 Å². The van der Waals surface area contributed by atoms with E-state index in [2.05, 4.69) is 27.2 Å². The van der Waals surface area contributed by atoms with Crippen LogP contribution in [0.4, 0.5) is 16.0 Å². The van der Waals surface area contributed by atoms with Gasteiger partial charge in [-0.05, 0) is 44.9 Å². The van der Waals surface area contributed by atoms with Gasteiger partial charge in [0.05, 0.1) is 5.39 Å². The fourth-order valence-electron chi connectivity index (χ4n) is 3.70. The Morgan fingerprint density at radius 1 is 1.23 bits per heavy atom. The first-order valence-electron chi connectivity index (χ1n) is 10.1. The highest BCUT2D eigenvalue weighted by molar-refractivity contribution is 5.95. The molecule has 0 unspecified atom stereocenters. The average Bonchev–Trinajstić information content (AvgIpc) is 3.33. The molecule has 156 valence electrons. The minimum absolute atomic E-state index is 0.00512. The van der Waals surface area contributed by atoms with Crippen molar-refractivity contribution < 1.29 is 13.6 Å². The highest BCUT2D eigenvalue weighted by Crippen LogP contribution is 2.39. The molecule has 0 radical (unpaired) electrons. The normalized spacial score (nSPS) is 18.0. The van der Waals surface area contributed by atoms with E-state index in [4.69, 9.17) is 4.42 Å². The molecule has 4 heterocycles. The van der Waals surface area contributed by atoms with Crippen molar-refractivity contribution in [2.75, 3.05) is 36.4 Å². The largest absolute Gasteiger partial charge is 0.443 e. The number of nitrogens with zero attached hydrogens (tertiary/aromatic N) is 5. The van der Waals surface area contributed by atoms with Crippen molar-refractivity contribution in [1.82, 2.24) is 19.9 Å². The van der Waals surface area contributed by atoms with E-state index in [1.165, 1.54) is 6.07 Å². The molecular formula is C21H23FN6O2. The number of nitrogens with one attached hydrogen (secondary N) is 1. The lowest BCUT2D eigenvalue weighted by Crippen LogP contribution is -2.49. The van der Waals surface area contributed by atoms with Crippen LogP contribution in [0.15, 0.2) is 28.8 Å². The molecule has 1 aliphatic carbocycles. The zero-order chi connectivity index (χ0) is 20.9. The first-order valence-corrected chi connectivity index (χ1v) is 10.1. The SMILES string of the molecule is Cc1cc2c(NC3(C)CC3)nc(C(=O)N3CCN(c4ncccc4F)CC3)nc2o1. The summed E-state index contributed by atoms with van der Waals surface area (Å²) in [5.74, 6) is 1.17. The van der Waals surface area contributed by atoms with Gasteiger partial charge in [-0.15, -0.1) is 0 Å². The summed E-state index contributed by atoms with van der Waals surface area (Å²) in [5, 5.41) is 4.23. The number of carbonyl (C=O) groups is 1. The maximum absolute atomic E-state index is 14.0. The number of aryl methyl sites for hydroxylation is 1. The number of aromatic nitrogens is 3. The molecule has 1 N–H and O–H groups in total. The molecule has 1 saturated heterocycles. The van der Waals surface area contributed by atoms with Crippen LogP contribution in [0.3, 0.4) is 0 Å². The van der Waals surface area contributed by atoms with E-state index < -0.39 is 0 Å². The van der Waals surface area contributed by atoms with E-state index in [0.717, 1.165) is 24.0 Å². The Hall–Kier alpha value is -3.23. The van der Waals surface area contributed by atoms with Gasteiger partial charge in [0.2, 0.25) is 11.5 Å². The third-order valence-electron chi connectivity index (χ3n) is 5.73. The first-order chi connectivity index (χ1) is 14.4. The fraction of sp³-hybridized carbons (Fsp3) is 0.429. The van der Waals surface area contributed by atoms with Gasteiger partial charge in [-0.2, -0.15) is 4.98 Å². The number of amides is 1. The number of hydrogen-bond donors (Lipinski definition) is 1. The average molecular weight is 410 g/mol. The topological polar surface area (TPSA) is 87.4 Å². The number of pyridine rings is 1. The Kier molecular flexibility index (Phi) is 4.34. The predicted octanol–water partition coefficient (Wildman–Crippen LogP) is 2.99. The summed E-state index contributed by atoms with van der Waals surface area (Å²) >= 11 is 0. The van der Waals surface area contributed by atoms with E-state index in [1.807, 2.05) is 17.9 Å². The zero-order valence-electron chi connectivity index (χ0n) is 17.0. The summed E-state index contributed by atoms with van der Waals surface area (Å²) < 4.78 is 19.7. The van der Waals surface area contributed by atoms with Gasteiger partial charge in [0.15, 0.2) is 11.6 Å². The third kappa shape index (κ3) is 3.44. The van der Waals surface area contributed by atoms with Crippen molar-refractivity contribution >= 4 is 28.6 Å². The number of hydrogen-bond acceptors (Lipinski definition) is 7. The van der Waals surface area contributed by atoms with Crippen LogP contribution in [0.5, 0.6) is 0 Å². The van der Waals surface area contributed by atoms with Gasteiger partial charge in [0.25, 0.3) is 5.91 Å². The van der Waals surface area contributed by atoms with Gasteiger partial charge in [-0.1, -0.05) is 0 Å². The molecule has 2 aliphatic rings. The molecule has 1 aliphatic heterocycles. The van der Waals surface area contributed by atoms with Crippen LogP contribution >= 0.6 is 0 Å². The Balaban J connectivity index is 1.37. The molecule has 5 rings (SSSR count). The van der Waals surface area contributed by atoms with Gasteiger partial charge < -0.3 is 19.5 Å². The van der Waals surface area contributed by atoms with Crippen LogP contribution < -0.4 is 10.2 Å². The number of anilines is 2. The van der Waals surface area contributed by atoms with Crippen LogP contribution in [0.1, 0.15) is 36.1 Å². The number of halogens is 1. The van der Waals surface area contributed by atoms with Gasteiger partial charge in [-0.25, -0.2) is 14.4 Å². The van der Waals surface area contributed by atoms with Crippen molar-refractivity contribution in [3.05, 3.63) is 41.8 Å². The molecule has 3 aromatic heterocycles. The number of carbonyl (C=O) groups excluding carboxylic acids is 1. The summed E-state index contributed by atoms with van der Waals surface area (Å²) in [5.41, 5.74) is 0.414. The van der Waals surface area contributed by atoms with Crippen molar-refractivity contribution in [3.8, 4) is 0 Å². The summed E-state index contributed by atoms with van der Waals surface area (Å²) in [4.78, 5) is 29.7. The lowest BCUT2D eigenvalue weighted by atomic mass is 10.2. The fourth-order valence-corrected chi connectivity index (χ4v) is 3.70. The summed E-state index contributed by atoms with van der Waals surface area (Å²) in [6.45, 7) is 5.84. The molecule has 0 atom stereocenters. The van der Waals surface area contributed by atoms with E-state index in [-0.39, 0.29) is 23.1 Å².